The lowest BCUT2D eigenvalue weighted by molar-refractivity contribution is -0.186. The van der Waals surface area contributed by atoms with Gasteiger partial charge in [0.15, 0.2) is 0 Å². The molecule has 120 valence electrons. The Morgan fingerprint density at radius 1 is 1.10 bits per heavy atom. The van der Waals surface area contributed by atoms with Gasteiger partial charge >= 0.3 is 12.4 Å². The van der Waals surface area contributed by atoms with Gasteiger partial charge in [-0.05, 0) is 45.1 Å². The Labute approximate surface area is 115 Å². The Bertz CT molecular complexity index is 286. The highest BCUT2D eigenvalue weighted by atomic mass is 19.4. The van der Waals surface area contributed by atoms with Crippen LogP contribution in [0.5, 0.6) is 0 Å². The van der Waals surface area contributed by atoms with Crippen molar-refractivity contribution in [2.24, 2.45) is 11.8 Å². The summed E-state index contributed by atoms with van der Waals surface area (Å²) in [7, 11) is 1.61. The number of hydrogen-bond donors (Lipinski definition) is 1. The minimum Gasteiger partial charge on any atom is -0.317 e. The second-order valence-electron chi connectivity index (χ2n) is 5.57. The Hall–Kier alpha value is -0.460. The van der Waals surface area contributed by atoms with Gasteiger partial charge in [0.05, 0.1) is 5.92 Å². The first-order valence-electron chi connectivity index (χ1n) is 6.94. The van der Waals surface area contributed by atoms with E-state index in [4.69, 9.17) is 0 Å². The van der Waals surface area contributed by atoms with Gasteiger partial charge in [-0.1, -0.05) is 6.42 Å². The molecule has 1 rings (SSSR count). The summed E-state index contributed by atoms with van der Waals surface area (Å²) in [5.74, 6) is -1.49. The molecular weight excluding hydrogens is 284 g/mol. The van der Waals surface area contributed by atoms with Crippen LogP contribution in [0.3, 0.4) is 0 Å². The summed E-state index contributed by atoms with van der Waals surface area (Å²) in [6, 6.07) is -0.262. The fourth-order valence-corrected chi connectivity index (χ4v) is 3.03. The first kappa shape index (κ1) is 17.6. The van der Waals surface area contributed by atoms with E-state index in [1.807, 2.05) is 0 Å². The van der Waals surface area contributed by atoms with Crippen LogP contribution in [0.1, 0.15) is 44.9 Å². The first-order valence-corrected chi connectivity index (χ1v) is 6.94. The summed E-state index contributed by atoms with van der Waals surface area (Å²) in [5, 5.41) is 2.90. The molecule has 7 heteroatoms. The fraction of sp³-hybridized carbons (Fsp3) is 1.00. The van der Waals surface area contributed by atoms with Crippen molar-refractivity contribution in [1.29, 1.82) is 0 Å². The van der Waals surface area contributed by atoms with Crippen molar-refractivity contribution < 1.29 is 26.3 Å². The van der Waals surface area contributed by atoms with Gasteiger partial charge in [-0.25, -0.2) is 0 Å². The van der Waals surface area contributed by atoms with E-state index in [2.05, 4.69) is 5.32 Å². The largest absolute Gasteiger partial charge is 0.391 e. The second kappa shape index (κ2) is 7.00. The van der Waals surface area contributed by atoms with Crippen molar-refractivity contribution in [1.82, 2.24) is 5.32 Å². The molecule has 0 aliphatic heterocycles. The maximum Gasteiger partial charge on any atom is 0.391 e. The van der Waals surface area contributed by atoms with Gasteiger partial charge in [0.25, 0.3) is 0 Å². The van der Waals surface area contributed by atoms with E-state index in [0.29, 0.717) is 12.8 Å². The van der Waals surface area contributed by atoms with E-state index in [9.17, 15) is 26.3 Å². The summed E-state index contributed by atoms with van der Waals surface area (Å²) in [6.45, 7) is 0. The molecule has 0 spiro atoms. The molecule has 1 aliphatic rings. The molecule has 3 atom stereocenters. The van der Waals surface area contributed by atoms with E-state index >= 15 is 0 Å². The highest BCUT2D eigenvalue weighted by Crippen LogP contribution is 2.41. The van der Waals surface area contributed by atoms with Crippen LogP contribution in [0.4, 0.5) is 26.3 Å². The highest BCUT2D eigenvalue weighted by molar-refractivity contribution is 4.84. The molecule has 0 amide bonds. The molecule has 0 aromatic carbocycles. The zero-order valence-electron chi connectivity index (χ0n) is 11.4. The Morgan fingerprint density at radius 2 is 1.75 bits per heavy atom. The smallest absolute Gasteiger partial charge is 0.317 e. The number of halogens is 6. The fourth-order valence-electron chi connectivity index (χ4n) is 3.03. The minimum absolute atomic E-state index is 0.0288. The van der Waals surface area contributed by atoms with Gasteiger partial charge in [0.2, 0.25) is 0 Å². The van der Waals surface area contributed by atoms with E-state index < -0.39 is 24.7 Å². The third-order valence-electron chi connectivity index (χ3n) is 4.09. The standard InChI is InChI=1S/C13H21F6N/c1-20-11(6-3-7-12(14,15)16)9-4-2-5-10(8-9)13(17,18)19/h9-11,20H,2-8H2,1H3. The molecule has 0 bridgehead atoms. The lowest BCUT2D eigenvalue weighted by Crippen LogP contribution is -2.39. The van der Waals surface area contributed by atoms with Crippen LogP contribution in [0, 0.1) is 11.8 Å². The summed E-state index contributed by atoms with van der Waals surface area (Å²) in [5.41, 5.74) is 0. The Balaban J connectivity index is 2.48. The quantitative estimate of drug-likeness (QED) is 0.727. The maximum absolute atomic E-state index is 12.7. The maximum atomic E-state index is 12.7. The molecule has 0 heterocycles. The molecule has 0 saturated heterocycles. The van der Waals surface area contributed by atoms with Crippen LogP contribution in [0.15, 0.2) is 0 Å². The Morgan fingerprint density at radius 3 is 2.25 bits per heavy atom. The first-order chi connectivity index (χ1) is 9.13. The summed E-state index contributed by atoms with van der Waals surface area (Å²) in [6.07, 6.45) is -7.72. The molecule has 1 saturated carbocycles. The number of rotatable bonds is 5. The summed E-state index contributed by atoms with van der Waals surface area (Å²) < 4.78 is 74.5. The average Bonchev–Trinajstić information content (AvgIpc) is 2.32. The van der Waals surface area contributed by atoms with Gasteiger partial charge < -0.3 is 5.32 Å². The van der Waals surface area contributed by atoms with E-state index in [1.54, 1.807) is 7.05 Å². The number of hydrogen-bond acceptors (Lipinski definition) is 1. The van der Waals surface area contributed by atoms with Gasteiger partial charge in [0, 0.05) is 12.5 Å². The van der Waals surface area contributed by atoms with Crippen LogP contribution in [0.25, 0.3) is 0 Å². The van der Waals surface area contributed by atoms with E-state index in [-0.39, 0.29) is 37.6 Å². The SMILES string of the molecule is CNC(CCCC(F)(F)F)C1CCCC(C(F)(F)F)C1. The van der Waals surface area contributed by atoms with Gasteiger partial charge in [-0.2, -0.15) is 26.3 Å². The molecule has 1 aliphatic carbocycles. The lowest BCUT2D eigenvalue weighted by Gasteiger charge is -2.35. The third kappa shape index (κ3) is 5.89. The monoisotopic (exact) mass is 305 g/mol. The third-order valence-corrected chi connectivity index (χ3v) is 4.09. The van der Waals surface area contributed by atoms with Crippen molar-refractivity contribution in [3.63, 3.8) is 0 Å². The molecule has 0 aromatic heterocycles. The van der Waals surface area contributed by atoms with Gasteiger partial charge in [0.1, 0.15) is 0 Å². The molecule has 1 nitrogen and oxygen atoms in total. The Kier molecular flexibility index (Phi) is 6.16. The van der Waals surface area contributed by atoms with Crippen molar-refractivity contribution in [3.05, 3.63) is 0 Å². The van der Waals surface area contributed by atoms with Crippen LogP contribution < -0.4 is 5.32 Å². The molecule has 0 aromatic rings. The topological polar surface area (TPSA) is 12.0 Å². The molecular formula is C13H21F6N. The number of nitrogens with one attached hydrogen (secondary N) is 1. The molecule has 0 radical (unpaired) electrons. The van der Waals surface area contributed by atoms with Crippen molar-refractivity contribution >= 4 is 0 Å². The molecule has 3 unspecified atom stereocenters. The average molecular weight is 305 g/mol. The van der Waals surface area contributed by atoms with Crippen LogP contribution in [0.2, 0.25) is 0 Å². The van der Waals surface area contributed by atoms with E-state index in [1.165, 1.54) is 0 Å². The van der Waals surface area contributed by atoms with Crippen molar-refractivity contribution in [3.8, 4) is 0 Å². The van der Waals surface area contributed by atoms with Crippen LogP contribution >= 0.6 is 0 Å². The highest BCUT2D eigenvalue weighted by Gasteiger charge is 2.43. The van der Waals surface area contributed by atoms with E-state index in [0.717, 1.165) is 0 Å². The second-order valence-corrected chi connectivity index (χ2v) is 5.57. The summed E-state index contributed by atoms with van der Waals surface area (Å²) in [4.78, 5) is 0. The van der Waals surface area contributed by atoms with Crippen molar-refractivity contribution in [2.45, 2.75) is 63.3 Å². The van der Waals surface area contributed by atoms with Gasteiger partial charge in [-0.15, -0.1) is 0 Å². The molecule has 1 N–H and O–H groups in total. The van der Waals surface area contributed by atoms with Crippen LogP contribution in [-0.2, 0) is 0 Å². The minimum atomic E-state index is -4.20. The van der Waals surface area contributed by atoms with Gasteiger partial charge in [-0.3, -0.25) is 0 Å². The predicted molar refractivity (Wildman–Crippen MR) is 64.3 cm³/mol. The predicted octanol–water partition coefficient (Wildman–Crippen LogP) is 4.68. The number of alkyl halides is 6. The zero-order chi connectivity index (χ0) is 15.4. The van der Waals surface area contributed by atoms with Crippen LogP contribution in [-0.4, -0.2) is 25.4 Å². The normalized spacial score (nSPS) is 26.6. The zero-order valence-corrected chi connectivity index (χ0v) is 11.4. The van der Waals surface area contributed by atoms with Crippen molar-refractivity contribution in [2.75, 3.05) is 7.05 Å². The summed E-state index contributed by atoms with van der Waals surface area (Å²) >= 11 is 0. The molecule has 20 heavy (non-hydrogen) atoms. The lowest BCUT2D eigenvalue weighted by atomic mass is 9.76. The molecule has 1 fully saturated rings.